The van der Waals surface area contributed by atoms with Gasteiger partial charge in [-0.3, -0.25) is 0 Å². The Morgan fingerprint density at radius 3 is 1.80 bits per heavy atom. The second-order valence-electron chi connectivity index (χ2n) is 12.8. The van der Waals surface area contributed by atoms with Crippen LogP contribution in [0.1, 0.15) is 0 Å². The van der Waals surface area contributed by atoms with Crippen molar-refractivity contribution in [2.45, 2.75) is 0 Å². The van der Waals surface area contributed by atoms with Gasteiger partial charge in [-0.2, -0.15) is 0 Å². The van der Waals surface area contributed by atoms with Crippen molar-refractivity contribution in [2.24, 2.45) is 0 Å². The van der Waals surface area contributed by atoms with Crippen molar-refractivity contribution in [3.05, 3.63) is 188 Å². The Balaban J connectivity index is 1.24. The number of benzene rings is 8. The van der Waals surface area contributed by atoms with E-state index in [1.165, 1.54) is 21.9 Å². The Kier molecular flexibility index (Phi) is 6.78. The highest BCUT2D eigenvalue weighted by atomic mass is 16.3. The number of anilines is 3. The minimum Gasteiger partial charge on any atom is -0.435 e. The zero-order valence-electron chi connectivity index (χ0n) is 27.6. The van der Waals surface area contributed by atoms with E-state index in [1.807, 2.05) is 30.3 Å². The van der Waals surface area contributed by atoms with Crippen LogP contribution in [0.25, 0.3) is 71.9 Å². The van der Waals surface area contributed by atoms with E-state index in [2.05, 4.69) is 167 Å². The van der Waals surface area contributed by atoms with Crippen LogP contribution in [0, 0.1) is 0 Å². The second-order valence-corrected chi connectivity index (χ2v) is 12.8. The molecule has 0 aliphatic carbocycles. The van der Waals surface area contributed by atoms with E-state index in [0.29, 0.717) is 5.89 Å². The smallest absolute Gasteiger partial charge is 0.227 e. The maximum atomic E-state index is 6.65. The number of oxazole rings is 1. The third-order valence-electron chi connectivity index (χ3n) is 9.79. The fourth-order valence-electron chi connectivity index (χ4n) is 7.41. The Morgan fingerprint density at radius 1 is 0.451 bits per heavy atom. The van der Waals surface area contributed by atoms with Crippen LogP contribution < -0.4 is 4.90 Å². The molecule has 10 rings (SSSR count). The Morgan fingerprint density at radius 2 is 1.04 bits per heavy atom. The molecule has 2 heterocycles. The van der Waals surface area contributed by atoms with Crippen molar-refractivity contribution >= 4 is 60.7 Å². The molecule has 0 atom stereocenters. The van der Waals surface area contributed by atoms with Crippen molar-refractivity contribution in [3.63, 3.8) is 0 Å². The first-order valence-corrected chi connectivity index (χ1v) is 17.2. The fourth-order valence-corrected chi connectivity index (χ4v) is 7.41. The summed E-state index contributed by atoms with van der Waals surface area (Å²) in [4.78, 5) is 7.54. The summed E-state index contributed by atoms with van der Waals surface area (Å²) in [5, 5.41) is 4.50. The van der Waals surface area contributed by atoms with Gasteiger partial charge in [-0.25, -0.2) is 4.98 Å². The normalized spacial score (nSPS) is 11.5. The number of hydrogen-bond acceptors (Lipinski definition) is 3. The first-order chi connectivity index (χ1) is 25.3. The Labute approximate surface area is 295 Å². The summed E-state index contributed by atoms with van der Waals surface area (Å²) in [5.74, 6) is 0.601. The van der Waals surface area contributed by atoms with Gasteiger partial charge in [0.2, 0.25) is 5.89 Å². The fraction of sp³-hybridized carbons (Fsp3) is 0. The first-order valence-electron chi connectivity index (χ1n) is 17.2. The van der Waals surface area contributed by atoms with Crippen LogP contribution in [0.5, 0.6) is 0 Å². The first kappa shape index (κ1) is 29.0. The number of hydrogen-bond donors (Lipinski definition) is 0. The maximum Gasteiger partial charge on any atom is 0.227 e. The van der Waals surface area contributed by atoms with Gasteiger partial charge in [-0.05, 0) is 83.2 Å². The third-order valence-corrected chi connectivity index (χ3v) is 9.79. The number of nitrogens with zero attached hydrogens (tertiary/aromatic N) is 3. The van der Waals surface area contributed by atoms with E-state index < -0.39 is 0 Å². The van der Waals surface area contributed by atoms with Gasteiger partial charge in [0.05, 0.1) is 16.7 Å². The van der Waals surface area contributed by atoms with Crippen LogP contribution in [0.4, 0.5) is 17.1 Å². The lowest BCUT2D eigenvalue weighted by Gasteiger charge is -2.26. The average Bonchev–Trinajstić information content (AvgIpc) is 3.80. The van der Waals surface area contributed by atoms with Crippen molar-refractivity contribution < 1.29 is 4.42 Å². The molecule has 0 aliphatic rings. The zero-order chi connectivity index (χ0) is 33.7. The molecule has 0 saturated carbocycles. The lowest BCUT2D eigenvalue weighted by molar-refractivity contribution is 0.623. The highest BCUT2D eigenvalue weighted by molar-refractivity contribution is 6.13. The minimum absolute atomic E-state index is 0.601. The van der Waals surface area contributed by atoms with Gasteiger partial charge in [-0.15, -0.1) is 0 Å². The van der Waals surface area contributed by atoms with Crippen molar-refractivity contribution in [3.8, 4) is 28.3 Å². The van der Waals surface area contributed by atoms with Crippen LogP contribution in [-0.4, -0.2) is 9.55 Å². The van der Waals surface area contributed by atoms with E-state index in [1.54, 1.807) is 0 Å². The van der Waals surface area contributed by atoms with E-state index in [4.69, 9.17) is 9.40 Å². The molecule has 0 radical (unpaired) electrons. The largest absolute Gasteiger partial charge is 0.435 e. The summed E-state index contributed by atoms with van der Waals surface area (Å²) in [6.45, 7) is 0. The van der Waals surface area contributed by atoms with Crippen molar-refractivity contribution in [1.29, 1.82) is 0 Å². The van der Waals surface area contributed by atoms with Gasteiger partial charge < -0.3 is 13.9 Å². The molecule has 8 aromatic carbocycles. The van der Waals surface area contributed by atoms with Crippen LogP contribution in [0.15, 0.2) is 192 Å². The highest BCUT2D eigenvalue weighted by Gasteiger charge is 2.23. The van der Waals surface area contributed by atoms with E-state index in [-0.39, 0.29) is 0 Å². The molecule has 0 fully saturated rings. The molecular formula is C47H31N3O. The SMILES string of the molecule is c1ccc(-c2ccc(N(c3ccc4c(c3)c3ccccc3n4-c3ccccc3)c3cc4ccccc4c4oc(-c5ccccc5)nc34)cc2)cc1. The van der Waals surface area contributed by atoms with Gasteiger partial charge in [-0.1, -0.05) is 121 Å². The monoisotopic (exact) mass is 653 g/mol. The summed E-state index contributed by atoms with van der Waals surface area (Å²) < 4.78 is 9.00. The van der Waals surface area contributed by atoms with Crippen LogP contribution >= 0.6 is 0 Å². The van der Waals surface area contributed by atoms with Crippen LogP contribution in [0.3, 0.4) is 0 Å². The number of rotatable bonds is 6. The summed E-state index contributed by atoms with van der Waals surface area (Å²) in [7, 11) is 0. The predicted molar refractivity (Wildman–Crippen MR) is 211 cm³/mol. The predicted octanol–water partition coefficient (Wildman–Crippen LogP) is 12.9. The molecule has 2 aromatic heterocycles. The molecule has 0 aliphatic heterocycles. The zero-order valence-corrected chi connectivity index (χ0v) is 27.6. The molecule has 0 amide bonds. The summed E-state index contributed by atoms with van der Waals surface area (Å²) >= 11 is 0. The van der Waals surface area contributed by atoms with E-state index >= 15 is 0 Å². The van der Waals surface area contributed by atoms with Gasteiger partial charge in [0, 0.05) is 38.8 Å². The van der Waals surface area contributed by atoms with Gasteiger partial charge >= 0.3 is 0 Å². The molecule has 0 bridgehead atoms. The standard InChI is InChI=1S/C47H31N3O/c1-4-14-32(15-5-1)33-24-26-37(27-25-33)49(38-28-29-43-41(31-38)40-22-12-13-23-42(40)50(43)36-19-8-3-9-20-36)44-30-35-18-10-11-21-39(35)46-45(44)48-47(51-46)34-16-6-2-7-17-34/h1-31H. The summed E-state index contributed by atoms with van der Waals surface area (Å²) in [6.07, 6.45) is 0. The molecule has 0 unspecified atom stereocenters. The molecular weight excluding hydrogens is 623 g/mol. The van der Waals surface area contributed by atoms with Gasteiger partial charge in [0.1, 0.15) is 5.52 Å². The van der Waals surface area contributed by atoms with E-state index in [0.717, 1.165) is 61.3 Å². The molecule has 240 valence electrons. The van der Waals surface area contributed by atoms with Gasteiger partial charge in [0.15, 0.2) is 5.58 Å². The second kappa shape index (κ2) is 11.9. The molecule has 51 heavy (non-hydrogen) atoms. The average molecular weight is 654 g/mol. The summed E-state index contributed by atoms with van der Waals surface area (Å²) in [5.41, 5.74) is 11.4. The van der Waals surface area contributed by atoms with Gasteiger partial charge in [0.25, 0.3) is 0 Å². The lowest BCUT2D eigenvalue weighted by atomic mass is 10.0. The van der Waals surface area contributed by atoms with Crippen LogP contribution in [-0.2, 0) is 0 Å². The van der Waals surface area contributed by atoms with E-state index in [9.17, 15) is 0 Å². The summed E-state index contributed by atoms with van der Waals surface area (Å²) in [6, 6.07) is 66.2. The quantitative estimate of drug-likeness (QED) is 0.179. The van der Waals surface area contributed by atoms with Crippen molar-refractivity contribution in [2.75, 3.05) is 4.90 Å². The topological polar surface area (TPSA) is 34.2 Å². The highest BCUT2D eigenvalue weighted by Crippen LogP contribution is 2.45. The number of aromatic nitrogens is 2. The van der Waals surface area contributed by atoms with Crippen LogP contribution in [0.2, 0.25) is 0 Å². The number of fused-ring (bicyclic) bond motifs is 6. The number of para-hydroxylation sites is 2. The molecule has 4 heteroatoms. The molecule has 0 saturated heterocycles. The third kappa shape index (κ3) is 4.88. The molecule has 0 spiro atoms. The molecule has 4 nitrogen and oxygen atoms in total. The Bertz CT molecular complexity index is 2840. The minimum atomic E-state index is 0.601. The Hall–Kier alpha value is -6.91. The lowest BCUT2D eigenvalue weighted by Crippen LogP contribution is -2.11. The molecule has 10 aromatic rings. The molecule has 0 N–H and O–H groups in total. The van der Waals surface area contributed by atoms with Crippen molar-refractivity contribution in [1.82, 2.24) is 9.55 Å². The maximum absolute atomic E-state index is 6.65.